The molecular formula is C22H20Cl2N2O2. The standard InChI is InChI=1S/C22H20Cl2N2O2/c1-3-17-12-20(27)21(22(28)25-19-7-5-4-6-18(19)24)14(2)26(17)13-15-8-10-16(23)11-9-15/h4-12H,3,13H2,1-2H3,(H,25,28). The van der Waals surface area contributed by atoms with Crippen molar-refractivity contribution in [2.24, 2.45) is 0 Å². The molecule has 0 aliphatic heterocycles. The predicted octanol–water partition coefficient (Wildman–Crippen LogP) is 5.33. The zero-order valence-corrected chi connectivity index (χ0v) is 17.1. The summed E-state index contributed by atoms with van der Waals surface area (Å²) in [6.45, 7) is 4.31. The van der Waals surface area contributed by atoms with Gasteiger partial charge in [0, 0.05) is 29.0 Å². The van der Waals surface area contributed by atoms with Gasteiger partial charge >= 0.3 is 0 Å². The molecule has 0 aliphatic carbocycles. The molecule has 0 fully saturated rings. The Balaban J connectivity index is 2.02. The van der Waals surface area contributed by atoms with Crippen molar-refractivity contribution in [2.75, 3.05) is 5.32 Å². The van der Waals surface area contributed by atoms with Gasteiger partial charge in [-0.3, -0.25) is 9.59 Å². The molecule has 0 radical (unpaired) electrons. The van der Waals surface area contributed by atoms with Crippen LogP contribution in [0.2, 0.25) is 10.0 Å². The number of rotatable bonds is 5. The molecule has 144 valence electrons. The molecule has 3 rings (SSSR count). The third kappa shape index (κ3) is 4.29. The number of carbonyl (C=O) groups excluding carboxylic acids is 1. The van der Waals surface area contributed by atoms with Crippen molar-refractivity contribution in [3.05, 3.63) is 97.4 Å². The Morgan fingerprint density at radius 3 is 2.39 bits per heavy atom. The first-order valence-corrected chi connectivity index (χ1v) is 9.70. The maximum absolute atomic E-state index is 12.9. The molecule has 2 aromatic carbocycles. The van der Waals surface area contributed by atoms with Gasteiger partial charge < -0.3 is 9.88 Å². The van der Waals surface area contributed by atoms with Crippen molar-refractivity contribution < 1.29 is 4.79 Å². The fourth-order valence-electron chi connectivity index (χ4n) is 3.14. The molecule has 1 amide bonds. The van der Waals surface area contributed by atoms with Crippen LogP contribution in [0.3, 0.4) is 0 Å². The predicted molar refractivity (Wildman–Crippen MR) is 115 cm³/mol. The Hall–Kier alpha value is -2.56. The number of carbonyl (C=O) groups is 1. The zero-order valence-electron chi connectivity index (χ0n) is 15.6. The molecule has 3 aromatic rings. The number of nitrogens with one attached hydrogen (secondary N) is 1. The molecule has 0 saturated heterocycles. The third-order valence-corrected chi connectivity index (χ3v) is 5.20. The molecule has 1 N–H and O–H groups in total. The first kappa shape index (κ1) is 20.2. The highest BCUT2D eigenvalue weighted by Gasteiger charge is 2.19. The Labute approximate surface area is 173 Å². The minimum absolute atomic E-state index is 0.117. The van der Waals surface area contributed by atoms with Crippen molar-refractivity contribution in [1.29, 1.82) is 0 Å². The first-order valence-electron chi connectivity index (χ1n) is 8.94. The number of hydrogen-bond acceptors (Lipinski definition) is 2. The summed E-state index contributed by atoms with van der Waals surface area (Å²) in [4.78, 5) is 25.5. The number of para-hydroxylation sites is 1. The van der Waals surface area contributed by atoms with Crippen molar-refractivity contribution in [1.82, 2.24) is 4.57 Å². The summed E-state index contributed by atoms with van der Waals surface area (Å²) in [6, 6.07) is 16.0. The minimum atomic E-state index is -0.469. The SMILES string of the molecule is CCc1cc(=O)c(C(=O)Nc2ccccc2Cl)c(C)n1Cc1ccc(Cl)cc1. The summed E-state index contributed by atoms with van der Waals surface area (Å²) in [6.07, 6.45) is 0.677. The van der Waals surface area contributed by atoms with Gasteiger partial charge in [-0.25, -0.2) is 0 Å². The van der Waals surface area contributed by atoms with Gasteiger partial charge in [0.2, 0.25) is 0 Å². The molecule has 28 heavy (non-hydrogen) atoms. The lowest BCUT2D eigenvalue weighted by Gasteiger charge is -2.19. The lowest BCUT2D eigenvalue weighted by Crippen LogP contribution is -2.28. The summed E-state index contributed by atoms with van der Waals surface area (Å²) < 4.78 is 1.99. The number of aromatic nitrogens is 1. The number of pyridine rings is 1. The number of halogens is 2. The highest BCUT2D eigenvalue weighted by molar-refractivity contribution is 6.34. The fraction of sp³-hybridized carbons (Fsp3) is 0.182. The number of amides is 1. The van der Waals surface area contributed by atoms with Crippen LogP contribution in [-0.2, 0) is 13.0 Å². The summed E-state index contributed by atoms with van der Waals surface area (Å²) in [5.74, 6) is -0.469. The molecule has 0 atom stereocenters. The zero-order chi connectivity index (χ0) is 20.3. The molecule has 4 nitrogen and oxygen atoms in total. The van der Waals surface area contributed by atoms with E-state index in [0.717, 1.165) is 11.3 Å². The van der Waals surface area contributed by atoms with Crippen LogP contribution in [0.25, 0.3) is 0 Å². The summed E-state index contributed by atoms with van der Waals surface area (Å²) in [7, 11) is 0. The van der Waals surface area contributed by atoms with Crippen LogP contribution >= 0.6 is 23.2 Å². The largest absolute Gasteiger partial charge is 0.343 e. The maximum atomic E-state index is 12.9. The Morgan fingerprint density at radius 2 is 1.75 bits per heavy atom. The second-order valence-electron chi connectivity index (χ2n) is 6.46. The molecule has 0 unspecified atom stereocenters. The second-order valence-corrected chi connectivity index (χ2v) is 7.30. The number of anilines is 1. The van der Waals surface area contributed by atoms with E-state index in [2.05, 4.69) is 5.32 Å². The molecule has 1 heterocycles. The number of hydrogen-bond donors (Lipinski definition) is 1. The van der Waals surface area contributed by atoms with E-state index in [-0.39, 0.29) is 11.0 Å². The van der Waals surface area contributed by atoms with Gasteiger partial charge in [0.1, 0.15) is 5.56 Å². The van der Waals surface area contributed by atoms with Gasteiger partial charge in [-0.05, 0) is 43.2 Å². The van der Waals surface area contributed by atoms with Gasteiger partial charge in [0.15, 0.2) is 5.43 Å². The minimum Gasteiger partial charge on any atom is -0.343 e. The molecule has 0 spiro atoms. The average molecular weight is 415 g/mol. The first-order chi connectivity index (χ1) is 13.4. The topological polar surface area (TPSA) is 51.1 Å². The highest BCUT2D eigenvalue weighted by atomic mass is 35.5. The number of benzene rings is 2. The normalized spacial score (nSPS) is 10.7. The molecule has 0 saturated carbocycles. The lowest BCUT2D eigenvalue weighted by atomic mass is 10.1. The second kappa shape index (κ2) is 8.63. The van der Waals surface area contributed by atoms with Crippen LogP contribution in [0.5, 0.6) is 0 Å². The van der Waals surface area contributed by atoms with E-state index >= 15 is 0 Å². The van der Waals surface area contributed by atoms with E-state index in [9.17, 15) is 9.59 Å². The van der Waals surface area contributed by atoms with Crippen molar-refractivity contribution in [2.45, 2.75) is 26.8 Å². The monoisotopic (exact) mass is 414 g/mol. The van der Waals surface area contributed by atoms with Crippen LogP contribution in [0, 0.1) is 6.92 Å². The molecule has 0 aliphatic rings. The van der Waals surface area contributed by atoms with Crippen LogP contribution < -0.4 is 10.7 Å². The number of nitrogens with zero attached hydrogens (tertiary/aromatic N) is 1. The maximum Gasteiger partial charge on any atom is 0.261 e. The quantitative estimate of drug-likeness (QED) is 0.613. The van der Waals surface area contributed by atoms with E-state index in [1.165, 1.54) is 6.07 Å². The molecule has 1 aromatic heterocycles. The molecule has 6 heteroatoms. The van der Waals surface area contributed by atoms with E-state index in [0.29, 0.717) is 34.4 Å². The summed E-state index contributed by atoms with van der Waals surface area (Å²) >= 11 is 12.1. The summed E-state index contributed by atoms with van der Waals surface area (Å²) in [5, 5.41) is 3.82. The van der Waals surface area contributed by atoms with Gasteiger partial charge in [-0.15, -0.1) is 0 Å². The van der Waals surface area contributed by atoms with Crippen LogP contribution in [0.15, 0.2) is 59.4 Å². The van der Waals surface area contributed by atoms with E-state index in [1.54, 1.807) is 31.2 Å². The van der Waals surface area contributed by atoms with Gasteiger partial charge in [0.25, 0.3) is 5.91 Å². The van der Waals surface area contributed by atoms with Crippen molar-refractivity contribution >= 4 is 34.8 Å². The van der Waals surface area contributed by atoms with Crippen LogP contribution in [0.1, 0.15) is 34.2 Å². The van der Waals surface area contributed by atoms with E-state index in [4.69, 9.17) is 23.2 Å². The van der Waals surface area contributed by atoms with Gasteiger partial charge in [-0.1, -0.05) is 54.4 Å². The van der Waals surface area contributed by atoms with Crippen molar-refractivity contribution in [3.63, 3.8) is 0 Å². The smallest absolute Gasteiger partial charge is 0.261 e. The van der Waals surface area contributed by atoms with Crippen LogP contribution in [-0.4, -0.2) is 10.5 Å². The van der Waals surface area contributed by atoms with Crippen molar-refractivity contribution in [3.8, 4) is 0 Å². The Bertz CT molecular complexity index is 1070. The van der Waals surface area contributed by atoms with E-state index in [1.807, 2.05) is 35.8 Å². The number of aryl methyl sites for hydroxylation is 1. The molecule has 0 bridgehead atoms. The highest BCUT2D eigenvalue weighted by Crippen LogP contribution is 2.22. The van der Waals surface area contributed by atoms with Gasteiger partial charge in [-0.2, -0.15) is 0 Å². The Morgan fingerprint density at radius 1 is 1.07 bits per heavy atom. The average Bonchev–Trinajstić information content (AvgIpc) is 2.67. The fourth-order valence-corrected chi connectivity index (χ4v) is 3.45. The van der Waals surface area contributed by atoms with Gasteiger partial charge in [0.05, 0.1) is 10.7 Å². The Kier molecular flexibility index (Phi) is 6.22. The third-order valence-electron chi connectivity index (χ3n) is 4.62. The lowest BCUT2D eigenvalue weighted by molar-refractivity contribution is 0.102. The summed E-state index contributed by atoms with van der Waals surface area (Å²) in [5.41, 5.74) is 2.80. The van der Waals surface area contributed by atoms with Crippen LogP contribution in [0.4, 0.5) is 5.69 Å². The van der Waals surface area contributed by atoms with E-state index < -0.39 is 5.91 Å². The molecular weight excluding hydrogens is 395 g/mol.